The van der Waals surface area contributed by atoms with Crippen molar-refractivity contribution in [1.29, 1.82) is 0 Å². The topological polar surface area (TPSA) is 46.6 Å². The molecule has 2 rings (SSSR count). The van der Waals surface area contributed by atoms with E-state index in [1.807, 2.05) is 0 Å². The predicted octanol–water partition coefficient (Wildman–Crippen LogP) is 4.26. The maximum absolute atomic E-state index is 12.7. The Balaban J connectivity index is 2.23. The molecule has 2 aromatic rings. The van der Waals surface area contributed by atoms with Gasteiger partial charge >= 0.3 is 6.18 Å². The van der Waals surface area contributed by atoms with Crippen LogP contribution in [0.5, 0.6) is 5.75 Å². The number of Topliss-reactive ketones (excluding diaryl/α,β-unsaturated/α-hetero) is 1. The van der Waals surface area contributed by atoms with Crippen LogP contribution in [0.15, 0.2) is 54.6 Å². The summed E-state index contributed by atoms with van der Waals surface area (Å²) < 4.78 is 43.8. The second kappa shape index (κ2) is 8.70. The Morgan fingerprint density at radius 3 is 2.15 bits per heavy atom. The van der Waals surface area contributed by atoms with E-state index in [4.69, 9.17) is 4.74 Å². The van der Waals surface area contributed by atoms with Crippen molar-refractivity contribution in [3.8, 4) is 5.75 Å². The fourth-order valence-corrected chi connectivity index (χ4v) is 2.48. The quantitative estimate of drug-likeness (QED) is 0.722. The zero-order valence-electron chi connectivity index (χ0n) is 15.0. The molecular formula is C20H20F3NO3. The molecule has 0 radical (unpaired) electrons. The van der Waals surface area contributed by atoms with E-state index in [0.717, 1.165) is 12.1 Å². The minimum absolute atomic E-state index is 0.134. The highest BCUT2D eigenvalue weighted by atomic mass is 19.4. The number of ketones is 1. The first-order valence-corrected chi connectivity index (χ1v) is 8.38. The summed E-state index contributed by atoms with van der Waals surface area (Å²) in [5.74, 6) is -0.426. The first kappa shape index (κ1) is 20.5. The Kier molecular flexibility index (Phi) is 6.60. The molecule has 144 valence electrons. The number of likely N-dealkylation sites (N-methyl/N-ethyl adjacent to an activating group) is 1. The molecular weight excluding hydrogens is 359 g/mol. The average Bonchev–Trinajstić information content (AvgIpc) is 2.65. The van der Waals surface area contributed by atoms with E-state index >= 15 is 0 Å². The first-order valence-electron chi connectivity index (χ1n) is 8.38. The minimum atomic E-state index is -4.45. The summed E-state index contributed by atoms with van der Waals surface area (Å²) in [4.78, 5) is 25.7. The number of rotatable bonds is 7. The fraction of sp³-hybridized carbons (Fsp3) is 0.300. The van der Waals surface area contributed by atoms with Gasteiger partial charge in [-0.2, -0.15) is 13.2 Å². The van der Waals surface area contributed by atoms with Gasteiger partial charge in [0.1, 0.15) is 5.75 Å². The standard InChI is InChI=1S/C20H20F3NO3/c1-3-18(26)24(2)13-17(25)19(14-7-5-4-6-8-14)27-16-11-9-15(10-12-16)20(21,22)23/h4-12,19H,3,13H2,1-2H3. The van der Waals surface area contributed by atoms with E-state index in [1.165, 1.54) is 24.1 Å². The van der Waals surface area contributed by atoms with Crippen molar-refractivity contribution in [3.05, 3.63) is 65.7 Å². The van der Waals surface area contributed by atoms with E-state index in [9.17, 15) is 22.8 Å². The third-order valence-electron chi connectivity index (χ3n) is 3.95. The van der Waals surface area contributed by atoms with Crippen LogP contribution in [0.2, 0.25) is 0 Å². The molecule has 0 aliphatic heterocycles. The van der Waals surface area contributed by atoms with Gasteiger partial charge in [0.25, 0.3) is 0 Å². The Bertz CT molecular complexity index is 773. The summed E-state index contributed by atoms with van der Waals surface area (Å²) in [6.07, 6.45) is -5.22. The van der Waals surface area contributed by atoms with Crippen LogP contribution in [0.25, 0.3) is 0 Å². The van der Waals surface area contributed by atoms with E-state index in [-0.39, 0.29) is 30.4 Å². The maximum atomic E-state index is 12.7. The molecule has 0 saturated heterocycles. The van der Waals surface area contributed by atoms with Crippen LogP contribution in [0.1, 0.15) is 30.6 Å². The van der Waals surface area contributed by atoms with Crippen LogP contribution in [0, 0.1) is 0 Å². The normalized spacial score (nSPS) is 12.3. The molecule has 7 heteroatoms. The summed E-state index contributed by atoms with van der Waals surface area (Å²) in [5, 5.41) is 0. The number of carbonyl (C=O) groups excluding carboxylic acids is 2. The monoisotopic (exact) mass is 379 g/mol. The van der Waals surface area contributed by atoms with E-state index in [0.29, 0.717) is 5.56 Å². The summed E-state index contributed by atoms with van der Waals surface area (Å²) in [6.45, 7) is 1.53. The molecule has 0 aliphatic rings. The fourth-order valence-electron chi connectivity index (χ4n) is 2.48. The number of hydrogen-bond donors (Lipinski definition) is 0. The van der Waals surface area contributed by atoms with Crippen LogP contribution in [0.3, 0.4) is 0 Å². The highest BCUT2D eigenvalue weighted by Gasteiger charge is 2.30. The molecule has 0 aromatic heterocycles. The zero-order chi connectivity index (χ0) is 20.0. The zero-order valence-corrected chi connectivity index (χ0v) is 15.0. The van der Waals surface area contributed by atoms with Gasteiger partial charge in [0.05, 0.1) is 12.1 Å². The summed E-state index contributed by atoms with van der Waals surface area (Å²) >= 11 is 0. The first-order chi connectivity index (χ1) is 12.7. The molecule has 0 bridgehead atoms. The Labute approximate surface area is 155 Å². The maximum Gasteiger partial charge on any atom is 0.416 e. The number of alkyl halides is 3. The smallest absolute Gasteiger partial charge is 0.416 e. The number of nitrogens with zero attached hydrogens (tertiary/aromatic N) is 1. The average molecular weight is 379 g/mol. The van der Waals surface area contributed by atoms with Crippen molar-refractivity contribution in [2.75, 3.05) is 13.6 Å². The molecule has 1 unspecified atom stereocenters. The number of amides is 1. The van der Waals surface area contributed by atoms with Gasteiger partial charge in [-0.25, -0.2) is 0 Å². The number of benzene rings is 2. The summed E-state index contributed by atoms with van der Waals surface area (Å²) in [7, 11) is 1.52. The second-order valence-electron chi connectivity index (χ2n) is 6.00. The van der Waals surface area contributed by atoms with Crippen LogP contribution < -0.4 is 4.74 Å². The number of ether oxygens (including phenoxy) is 1. The predicted molar refractivity (Wildman–Crippen MR) is 94.2 cm³/mol. The van der Waals surface area contributed by atoms with Gasteiger partial charge in [0.2, 0.25) is 5.91 Å². The lowest BCUT2D eigenvalue weighted by Crippen LogP contribution is -2.35. The van der Waals surface area contributed by atoms with Gasteiger partial charge in [-0.05, 0) is 29.8 Å². The highest BCUT2D eigenvalue weighted by molar-refractivity contribution is 5.90. The lowest BCUT2D eigenvalue weighted by atomic mass is 10.0. The highest BCUT2D eigenvalue weighted by Crippen LogP contribution is 2.31. The molecule has 0 aliphatic carbocycles. The van der Waals surface area contributed by atoms with Crippen LogP contribution in [-0.2, 0) is 15.8 Å². The molecule has 0 fully saturated rings. The molecule has 0 saturated carbocycles. The number of hydrogen-bond acceptors (Lipinski definition) is 3. The van der Waals surface area contributed by atoms with E-state index in [2.05, 4.69) is 0 Å². The number of carbonyl (C=O) groups is 2. The number of halogens is 3. The van der Waals surface area contributed by atoms with E-state index < -0.39 is 17.8 Å². The Hall–Kier alpha value is -2.83. The van der Waals surface area contributed by atoms with Crippen molar-refractivity contribution in [1.82, 2.24) is 4.90 Å². The third-order valence-corrected chi connectivity index (χ3v) is 3.95. The molecule has 1 atom stereocenters. The van der Waals surface area contributed by atoms with Crippen molar-refractivity contribution in [3.63, 3.8) is 0 Å². The van der Waals surface area contributed by atoms with Crippen molar-refractivity contribution >= 4 is 11.7 Å². The molecule has 0 heterocycles. The molecule has 0 N–H and O–H groups in total. The molecule has 1 amide bonds. The van der Waals surface area contributed by atoms with Gasteiger partial charge in [0, 0.05) is 13.5 Å². The van der Waals surface area contributed by atoms with Crippen molar-refractivity contribution < 1.29 is 27.5 Å². The SMILES string of the molecule is CCC(=O)N(C)CC(=O)C(Oc1ccc(C(F)(F)F)cc1)c1ccccc1. The van der Waals surface area contributed by atoms with Crippen LogP contribution in [0.4, 0.5) is 13.2 Å². The Morgan fingerprint density at radius 2 is 1.63 bits per heavy atom. The molecule has 0 spiro atoms. The molecule has 4 nitrogen and oxygen atoms in total. The second-order valence-corrected chi connectivity index (χ2v) is 6.00. The minimum Gasteiger partial charge on any atom is -0.478 e. The van der Waals surface area contributed by atoms with Crippen molar-refractivity contribution in [2.45, 2.75) is 25.6 Å². The Morgan fingerprint density at radius 1 is 1.04 bits per heavy atom. The van der Waals surface area contributed by atoms with Crippen LogP contribution >= 0.6 is 0 Å². The van der Waals surface area contributed by atoms with Gasteiger partial charge in [-0.1, -0.05) is 37.3 Å². The van der Waals surface area contributed by atoms with Gasteiger partial charge in [-0.3, -0.25) is 9.59 Å². The largest absolute Gasteiger partial charge is 0.478 e. The van der Waals surface area contributed by atoms with Crippen molar-refractivity contribution in [2.24, 2.45) is 0 Å². The lowest BCUT2D eigenvalue weighted by Gasteiger charge is -2.22. The summed E-state index contributed by atoms with van der Waals surface area (Å²) in [6, 6.07) is 12.8. The molecule has 27 heavy (non-hydrogen) atoms. The van der Waals surface area contributed by atoms with Gasteiger partial charge in [0.15, 0.2) is 11.9 Å². The molecule has 2 aromatic carbocycles. The van der Waals surface area contributed by atoms with Gasteiger partial charge in [-0.15, -0.1) is 0 Å². The lowest BCUT2D eigenvalue weighted by molar-refractivity contribution is -0.137. The third kappa shape index (κ3) is 5.57. The van der Waals surface area contributed by atoms with E-state index in [1.54, 1.807) is 37.3 Å². The van der Waals surface area contributed by atoms with Gasteiger partial charge < -0.3 is 9.64 Å². The van der Waals surface area contributed by atoms with Crippen LogP contribution in [-0.4, -0.2) is 30.2 Å². The summed E-state index contributed by atoms with van der Waals surface area (Å²) in [5.41, 5.74) is -0.245.